The van der Waals surface area contributed by atoms with Crippen molar-refractivity contribution < 1.29 is 9.84 Å². The molecule has 1 aromatic carbocycles. The van der Waals surface area contributed by atoms with E-state index >= 15 is 0 Å². The van der Waals surface area contributed by atoms with Crippen LogP contribution in [0.3, 0.4) is 0 Å². The van der Waals surface area contributed by atoms with Crippen molar-refractivity contribution in [2.45, 2.75) is 33.7 Å². The summed E-state index contributed by atoms with van der Waals surface area (Å²) in [6, 6.07) is 6.29. The summed E-state index contributed by atoms with van der Waals surface area (Å²) in [6.07, 6.45) is 0. The van der Waals surface area contributed by atoms with Crippen molar-refractivity contribution >= 4 is 5.69 Å². The normalized spacial score (nSPS) is 12.6. The fourth-order valence-corrected chi connectivity index (χ4v) is 2.14. The number of anilines is 1. The molecule has 1 rings (SSSR count). The van der Waals surface area contributed by atoms with Gasteiger partial charge in [-0.05, 0) is 43.5 Å². The van der Waals surface area contributed by atoms with E-state index in [4.69, 9.17) is 4.74 Å². The molecular formula is C15H25NO2. The largest absolute Gasteiger partial charge is 0.494 e. The van der Waals surface area contributed by atoms with Crippen molar-refractivity contribution in [2.75, 3.05) is 25.2 Å². The van der Waals surface area contributed by atoms with Gasteiger partial charge in [0.15, 0.2) is 0 Å². The molecule has 0 spiro atoms. The van der Waals surface area contributed by atoms with Crippen LogP contribution in [0, 0.1) is 12.8 Å². The maximum Gasteiger partial charge on any atom is 0.122 e. The Bertz CT molecular complexity index is 377. The highest BCUT2D eigenvalue weighted by Crippen LogP contribution is 2.26. The van der Waals surface area contributed by atoms with Crippen LogP contribution < -0.4 is 9.64 Å². The third-order valence-electron chi connectivity index (χ3n) is 3.32. The van der Waals surface area contributed by atoms with E-state index in [0.717, 1.165) is 17.0 Å². The maximum atomic E-state index is 9.47. The third-order valence-corrected chi connectivity index (χ3v) is 3.32. The van der Waals surface area contributed by atoms with Gasteiger partial charge in [-0.2, -0.15) is 0 Å². The number of aliphatic hydroxyl groups is 1. The van der Waals surface area contributed by atoms with Gasteiger partial charge < -0.3 is 14.7 Å². The molecule has 1 aromatic rings. The van der Waals surface area contributed by atoms with Crippen molar-refractivity contribution in [3.63, 3.8) is 0 Å². The molecule has 0 heterocycles. The number of hydrogen-bond donors (Lipinski definition) is 1. The van der Waals surface area contributed by atoms with Gasteiger partial charge in [0.25, 0.3) is 0 Å². The van der Waals surface area contributed by atoms with E-state index in [1.54, 1.807) is 0 Å². The summed E-state index contributed by atoms with van der Waals surface area (Å²) in [7, 11) is 2.02. The fourth-order valence-electron chi connectivity index (χ4n) is 2.14. The number of rotatable bonds is 6. The zero-order valence-corrected chi connectivity index (χ0v) is 12.1. The Labute approximate surface area is 110 Å². The van der Waals surface area contributed by atoms with Crippen LogP contribution in [0.15, 0.2) is 18.2 Å². The summed E-state index contributed by atoms with van der Waals surface area (Å²) >= 11 is 0. The van der Waals surface area contributed by atoms with Crippen LogP contribution in [-0.4, -0.2) is 31.4 Å². The summed E-state index contributed by atoms with van der Waals surface area (Å²) in [6.45, 7) is 9.13. The molecule has 0 saturated carbocycles. The smallest absolute Gasteiger partial charge is 0.122 e. The third kappa shape index (κ3) is 3.39. The molecule has 0 aliphatic rings. The number of likely N-dealkylation sites (N-methyl/N-ethyl adjacent to an activating group) is 1. The van der Waals surface area contributed by atoms with Crippen LogP contribution in [0.1, 0.15) is 26.3 Å². The van der Waals surface area contributed by atoms with Gasteiger partial charge in [0, 0.05) is 12.7 Å². The number of aliphatic hydroxyl groups excluding tert-OH is 1. The Morgan fingerprint density at radius 1 is 1.33 bits per heavy atom. The molecule has 3 heteroatoms. The number of nitrogens with zero attached hydrogens (tertiary/aromatic N) is 1. The van der Waals surface area contributed by atoms with Gasteiger partial charge in [0.2, 0.25) is 0 Å². The molecule has 1 unspecified atom stereocenters. The second-order valence-electron chi connectivity index (χ2n) is 4.99. The number of benzene rings is 1. The zero-order valence-electron chi connectivity index (χ0n) is 12.1. The first-order valence-corrected chi connectivity index (χ1v) is 6.58. The molecule has 0 aromatic heterocycles. The summed E-state index contributed by atoms with van der Waals surface area (Å²) in [5.41, 5.74) is 2.24. The average molecular weight is 251 g/mol. The number of ether oxygens (including phenoxy) is 1. The van der Waals surface area contributed by atoms with Crippen molar-refractivity contribution in [1.29, 1.82) is 0 Å². The minimum absolute atomic E-state index is 0.141. The lowest BCUT2D eigenvalue weighted by atomic mass is 10.0. The van der Waals surface area contributed by atoms with Gasteiger partial charge in [-0.1, -0.05) is 13.8 Å². The molecule has 0 aliphatic heterocycles. The Morgan fingerprint density at radius 3 is 2.44 bits per heavy atom. The van der Waals surface area contributed by atoms with E-state index in [1.165, 1.54) is 0 Å². The van der Waals surface area contributed by atoms with E-state index in [9.17, 15) is 5.11 Å². The lowest BCUT2D eigenvalue weighted by Gasteiger charge is -2.32. The quantitative estimate of drug-likeness (QED) is 0.844. The van der Waals surface area contributed by atoms with Crippen LogP contribution in [0.5, 0.6) is 5.75 Å². The van der Waals surface area contributed by atoms with E-state index in [2.05, 4.69) is 24.8 Å². The Balaban J connectivity index is 2.92. The summed E-state index contributed by atoms with van der Waals surface area (Å²) < 4.78 is 5.54. The van der Waals surface area contributed by atoms with Gasteiger partial charge >= 0.3 is 0 Å². The second-order valence-corrected chi connectivity index (χ2v) is 4.99. The van der Waals surface area contributed by atoms with E-state index in [0.29, 0.717) is 12.5 Å². The summed E-state index contributed by atoms with van der Waals surface area (Å²) in [5.74, 6) is 1.34. The van der Waals surface area contributed by atoms with Crippen LogP contribution in [0.25, 0.3) is 0 Å². The Kier molecular flexibility index (Phi) is 5.48. The molecule has 0 bridgehead atoms. The standard InChI is InChI=1S/C15H25NO2/c1-6-18-15-8-7-13(9-12(15)4)16(5)14(10-17)11(2)3/h7-9,11,14,17H,6,10H2,1-5H3. The molecule has 0 amide bonds. The molecule has 18 heavy (non-hydrogen) atoms. The average Bonchev–Trinajstić information content (AvgIpc) is 2.32. The molecule has 1 N–H and O–H groups in total. The highest BCUT2D eigenvalue weighted by Gasteiger charge is 2.18. The molecule has 102 valence electrons. The van der Waals surface area contributed by atoms with Crippen LogP contribution in [0.4, 0.5) is 5.69 Å². The first-order chi connectivity index (χ1) is 8.51. The zero-order chi connectivity index (χ0) is 13.7. The predicted molar refractivity (Wildman–Crippen MR) is 76.5 cm³/mol. The summed E-state index contributed by atoms with van der Waals surface area (Å²) in [5, 5.41) is 9.47. The highest BCUT2D eigenvalue weighted by atomic mass is 16.5. The molecule has 0 fully saturated rings. The number of aryl methyl sites for hydroxylation is 1. The second kappa shape index (κ2) is 6.64. The monoisotopic (exact) mass is 251 g/mol. The first-order valence-electron chi connectivity index (χ1n) is 6.58. The van der Waals surface area contributed by atoms with Crippen molar-refractivity contribution in [3.05, 3.63) is 23.8 Å². The van der Waals surface area contributed by atoms with Crippen LogP contribution >= 0.6 is 0 Å². The lowest BCUT2D eigenvalue weighted by molar-refractivity contribution is 0.234. The SMILES string of the molecule is CCOc1ccc(N(C)C(CO)C(C)C)cc1C. The maximum absolute atomic E-state index is 9.47. The topological polar surface area (TPSA) is 32.7 Å². The van der Waals surface area contributed by atoms with Gasteiger partial charge in [0.1, 0.15) is 5.75 Å². The molecule has 0 saturated heterocycles. The van der Waals surface area contributed by atoms with Gasteiger partial charge in [-0.3, -0.25) is 0 Å². The van der Waals surface area contributed by atoms with Gasteiger partial charge in [-0.25, -0.2) is 0 Å². The van der Waals surface area contributed by atoms with E-state index in [1.807, 2.05) is 33.0 Å². The first kappa shape index (κ1) is 14.8. The van der Waals surface area contributed by atoms with Crippen molar-refractivity contribution in [3.8, 4) is 5.75 Å². The molecule has 0 aliphatic carbocycles. The summed E-state index contributed by atoms with van der Waals surface area (Å²) in [4.78, 5) is 2.13. The van der Waals surface area contributed by atoms with Gasteiger partial charge in [-0.15, -0.1) is 0 Å². The minimum Gasteiger partial charge on any atom is -0.494 e. The number of hydrogen-bond acceptors (Lipinski definition) is 3. The molecular weight excluding hydrogens is 226 g/mol. The minimum atomic E-state index is 0.141. The molecule has 3 nitrogen and oxygen atoms in total. The Hall–Kier alpha value is -1.22. The predicted octanol–water partition coefficient (Wildman–Crippen LogP) is 2.85. The van der Waals surface area contributed by atoms with Crippen LogP contribution in [-0.2, 0) is 0 Å². The lowest BCUT2D eigenvalue weighted by Crippen LogP contribution is -2.38. The molecule has 1 atom stereocenters. The van der Waals surface area contributed by atoms with E-state index in [-0.39, 0.29) is 12.6 Å². The van der Waals surface area contributed by atoms with Gasteiger partial charge in [0.05, 0.1) is 19.3 Å². The van der Waals surface area contributed by atoms with Crippen molar-refractivity contribution in [1.82, 2.24) is 0 Å². The van der Waals surface area contributed by atoms with Crippen LogP contribution in [0.2, 0.25) is 0 Å². The highest BCUT2D eigenvalue weighted by molar-refractivity contribution is 5.53. The van der Waals surface area contributed by atoms with E-state index < -0.39 is 0 Å². The Morgan fingerprint density at radius 2 is 2.00 bits per heavy atom. The fraction of sp³-hybridized carbons (Fsp3) is 0.600. The molecule has 0 radical (unpaired) electrons. The van der Waals surface area contributed by atoms with Crippen molar-refractivity contribution in [2.24, 2.45) is 5.92 Å².